The second kappa shape index (κ2) is 8.59. The first-order chi connectivity index (χ1) is 14.4. The Hall–Kier alpha value is -2.68. The number of aromatic nitrogens is 2. The van der Waals surface area contributed by atoms with E-state index in [0.29, 0.717) is 49.1 Å². The van der Waals surface area contributed by atoms with E-state index in [2.05, 4.69) is 5.10 Å². The molecule has 3 aromatic rings. The molecule has 9 heteroatoms. The average Bonchev–Trinajstić information content (AvgIpc) is 3.02. The molecule has 0 radical (unpaired) electrons. The molecule has 156 valence electrons. The number of hydrogen-bond donors (Lipinski definition) is 0. The van der Waals surface area contributed by atoms with Crippen LogP contribution in [0.3, 0.4) is 0 Å². The van der Waals surface area contributed by atoms with Gasteiger partial charge in [-0.05, 0) is 48.9 Å². The van der Waals surface area contributed by atoms with Crippen molar-refractivity contribution >= 4 is 27.4 Å². The summed E-state index contributed by atoms with van der Waals surface area (Å²) >= 11 is 5.88. The third kappa shape index (κ3) is 4.26. The van der Waals surface area contributed by atoms with Gasteiger partial charge in [-0.3, -0.25) is 4.79 Å². The van der Waals surface area contributed by atoms with Crippen molar-refractivity contribution in [2.75, 3.05) is 31.1 Å². The molecule has 7 nitrogen and oxygen atoms in total. The highest BCUT2D eigenvalue weighted by atomic mass is 35.5. The molecule has 1 aliphatic heterocycles. The molecule has 0 saturated carbocycles. The lowest BCUT2D eigenvalue weighted by Gasteiger charge is -2.23. The third-order valence-electron chi connectivity index (χ3n) is 5.02. The molecule has 1 fully saturated rings. The second-order valence-corrected chi connectivity index (χ2v) is 9.35. The third-order valence-corrected chi connectivity index (χ3v) is 7.18. The van der Waals surface area contributed by atoms with Crippen LogP contribution in [0.1, 0.15) is 6.42 Å². The van der Waals surface area contributed by atoms with Crippen LogP contribution in [0.25, 0.3) is 5.69 Å². The zero-order chi connectivity index (χ0) is 21.1. The maximum atomic E-state index is 13.0. The highest BCUT2D eigenvalue weighted by molar-refractivity contribution is 7.89. The number of hydrogen-bond acceptors (Lipinski definition) is 5. The molecule has 1 saturated heterocycles. The lowest BCUT2D eigenvalue weighted by atomic mass is 10.3. The molecule has 0 atom stereocenters. The van der Waals surface area contributed by atoms with Gasteiger partial charge in [-0.15, -0.1) is 5.10 Å². The van der Waals surface area contributed by atoms with Crippen LogP contribution in [0.2, 0.25) is 5.02 Å². The van der Waals surface area contributed by atoms with Crippen molar-refractivity contribution in [1.29, 1.82) is 0 Å². The van der Waals surface area contributed by atoms with E-state index in [1.54, 1.807) is 18.2 Å². The summed E-state index contributed by atoms with van der Waals surface area (Å²) in [6.45, 7) is 1.87. The minimum absolute atomic E-state index is 0.216. The van der Waals surface area contributed by atoms with Gasteiger partial charge in [-0.1, -0.05) is 29.8 Å². The minimum atomic E-state index is -3.59. The van der Waals surface area contributed by atoms with Gasteiger partial charge in [0.1, 0.15) is 5.82 Å². The lowest BCUT2D eigenvalue weighted by Crippen LogP contribution is -2.36. The quantitative estimate of drug-likeness (QED) is 0.618. The van der Waals surface area contributed by atoms with Gasteiger partial charge < -0.3 is 4.90 Å². The number of nitrogens with zero attached hydrogens (tertiary/aromatic N) is 4. The standard InChI is InChI=1S/C21H21ClN4O3S/c22-17-7-9-19(10-8-17)30(28,29)25-14-4-13-24(15-16-25)20-11-12-21(27)26(23-20)18-5-2-1-3-6-18/h1-3,5-12H,4,13-16H2. The summed E-state index contributed by atoms with van der Waals surface area (Å²) < 4.78 is 28.8. The van der Waals surface area contributed by atoms with Crippen molar-refractivity contribution < 1.29 is 8.42 Å². The van der Waals surface area contributed by atoms with Crippen LogP contribution in [0.4, 0.5) is 5.82 Å². The predicted octanol–water partition coefficient (Wildman–Crippen LogP) is 2.79. The molecule has 0 spiro atoms. The van der Waals surface area contributed by atoms with Gasteiger partial charge in [0.15, 0.2) is 0 Å². The monoisotopic (exact) mass is 444 g/mol. The first-order valence-electron chi connectivity index (χ1n) is 9.62. The fourth-order valence-electron chi connectivity index (χ4n) is 3.44. The topological polar surface area (TPSA) is 75.5 Å². The summed E-state index contributed by atoms with van der Waals surface area (Å²) in [5, 5.41) is 5.01. The van der Waals surface area contributed by atoms with Crippen LogP contribution in [-0.2, 0) is 10.0 Å². The van der Waals surface area contributed by atoms with Crippen LogP contribution in [0.5, 0.6) is 0 Å². The molecule has 0 amide bonds. The molecule has 0 aliphatic carbocycles. The highest BCUT2D eigenvalue weighted by Crippen LogP contribution is 2.21. The zero-order valence-electron chi connectivity index (χ0n) is 16.2. The Bertz CT molecular complexity index is 1180. The van der Waals surface area contributed by atoms with Gasteiger partial charge in [0, 0.05) is 37.3 Å². The van der Waals surface area contributed by atoms with Crippen LogP contribution in [-0.4, -0.2) is 48.7 Å². The molecule has 30 heavy (non-hydrogen) atoms. The summed E-state index contributed by atoms with van der Waals surface area (Å²) in [5.41, 5.74) is 0.470. The number of sulfonamides is 1. The molecule has 0 N–H and O–H groups in total. The molecule has 2 heterocycles. The van der Waals surface area contributed by atoms with Crippen molar-refractivity contribution in [3.63, 3.8) is 0 Å². The average molecular weight is 445 g/mol. The van der Waals surface area contributed by atoms with Gasteiger partial charge in [-0.25, -0.2) is 8.42 Å². The zero-order valence-corrected chi connectivity index (χ0v) is 17.8. The second-order valence-electron chi connectivity index (χ2n) is 6.98. The number of rotatable bonds is 4. The van der Waals surface area contributed by atoms with Gasteiger partial charge in [-0.2, -0.15) is 8.99 Å². The molecule has 0 unspecified atom stereocenters. The summed E-state index contributed by atoms with van der Waals surface area (Å²) in [7, 11) is -3.59. The fourth-order valence-corrected chi connectivity index (χ4v) is 5.04. The van der Waals surface area contributed by atoms with Crippen molar-refractivity contribution in [2.45, 2.75) is 11.3 Å². The van der Waals surface area contributed by atoms with E-state index in [4.69, 9.17) is 11.6 Å². The smallest absolute Gasteiger partial charge is 0.271 e. The van der Waals surface area contributed by atoms with Crippen LogP contribution < -0.4 is 10.5 Å². The van der Waals surface area contributed by atoms with E-state index in [1.807, 2.05) is 35.2 Å². The van der Waals surface area contributed by atoms with Gasteiger partial charge in [0.25, 0.3) is 5.56 Å². The van der Waals surface area contributed by atoms with E-state index in [0.717, 1.165) is 0 Å². The summed E-state index contributed by atoms with van der Waals surface area (Å²) in [6.07, 6.45) is 0.652. The van der Waals surface area contributed by atoms with E-state index in [9.17, 15) is 13.2 Å². The Balaban J connectivity index is 1.55. The van der Waals surface area contributed by atoms with Crippen molar-refractivity contribution in [3.8, 4) is 5.69 Å². The van der Waals surface area contributed by atoms with Gasteiger partial charge in [0.05, 0.1) is 10.6 Å². The molecule has 1 aliphatic rings. The highest BCUT2D eigenvalue weighted by Gasteiger charge is 2.27. The lowest BCUT2D eigenvalue weighted by molar-refractivity contribution is 0.433. The van der Waals surface area contributed by atoms with Crippen molar-refractivity contribution in [3.05, 3.63) is 82.1 Å². The molecule has 1 aromatic heterocycles. The molecule has 2 aromatic carbocycles. The largest absolute Gasteiger partial charge is 0.354 e. The molecular weight excluding hydrogens is 424 g/mol. The van der Waals surface area contributed by atoms with E-state index >= 15 is 0 Å². The summed E-state index contributed by atoms with van der Waals surface area (Å²) in [5.74, 6) is 0.643. The predicted molar refractivity (Wildman–Crippen MR) is 117 cm³/mol. The van der Waals surface area contributed by atoms with E-state index in [1.165, 1.54) is 27.2 Å². The van der Waals surface area contributed by atoms with Gasteiger partial charge >= 0.3 is 0 Å². The first-order valence-corrected chi connectivity index (χ1v) is 11.4. The fraction of sp³-hybridized carbons (Fsp3) is 0.238. The molecule has 4 rings (SSSR count). The number of para-hydroxylation sites is 1. The number of halogens is 1. The number of benzene rings is 2. The Morgan fingerprint density at radius 3 is 2.30 bits per heavy atom. The molecular formula is C21H21ClN4O3S. The molecule has 0 bridgehead atoms. The van der Waals surface area contributed by atoms with Crippen molar-refractivity contribution in [2.24, 2.45) is 0 Å². The summed E-state index contributed by atoms with van der Waals surface area (Å²) in [4.78, 5) is 14.5. The summed E-state index contributed by atoms with van der Waals surface area (Å²) in [6, 6.07) is 18.6. The maximum absolute atomic E-state index is 13.0. The normalized spacial score (nSPS) is 15.7. The maximum Gasteiger partial charge on any atom is 0.271 e. The minimum Gasteiger partial charge on any atom is -0.354 e. The Kier molecular flexibility index (Phi) is 5.90. The van der Waals surface area contributed by atoms with Crippen LogP contribution in [0, 0.1) is 0 Å². The Morgan fingerprint density at radius 2 is 1.57 bits per heavy atom. The Morgan fingerprint density at radius 1 is 0.833 bits per heavy atom. The Labute approximate surface area is 180 Å². The van der Waals surface area contributed by atoms with Crippen LogP contribution >= 0.6 is 11.6 Å². The first kappa shape index (κ1) is 20.6. The van der Waals surface area contributed by atoms with E-state index in [-0.39, 0.29) is 10.5 Å². The number of anilines is 1. The van der Waals surface area contributed by atoms with E-state index < -0.39 is 10.0 Å². The van der Waals surface area contributed by atoms with Gasteiger partial charge in [0.2, 0.25) is 10.0 Å². The van der Waals surface area contributed by atoms with Crippen molar-refractivity contribution in [1.82, 2.24) is 14.1 Å². The van der Waals surface area contributed by atoms with Crippen LogP contribution in [0.15, 0.2) is 76.4 Å². The SMILES string of the molecule is O=c1ccc(N2CCCN(S(=O)(=O)c3ccc(Cl)cc3)CC2)nn1-c1ccccc1.